The van der Waals surface area contributed by atoms with Crippen molar-refractivity contribution < 1.29 is 9.53 Å². The highest BCUT2D eigenvalue weighted by Crippen LogP contribution is 2.12. The zero-order valence-corrected chi connectivity index (χ0v) is 13.5. The van der Waals surface area contributed by atoms with Gasteiger partial charge in [-0.1, -0.05) is 52.0 Å². The second kappa shape index (κ2) is 11.2. The molecule has 0 saturated carbocycles. The van der Waals surface area contributed by atoms with Crippen LogP contribution in [0.2, 0.25) is 0 Å². The number of carbonyl (C=O) groups is 1. The van der Waals surface area contributed by atoms with Crippen LogP contribution in [0, 0.1) is 0 Å². The third-order valence-electron chi connectivity index (χ3n) is 3.44. The van der Waals surface area contributed by atoms with Crippen LogP contribution in [0.3, 0.4) is 0 Å². The molecule has 0 aromatic heterocycles. The Labute approximate surface area is 129 Å². The van der Waals surface area contributed by atoms with Crippen molar-refractivity contribution in [3.8, 4) is 0 Å². The normalized spacial score (nSPS) is 10.4. The Hall–Kier alpha value is -1.51. The van der Waals surface area contributed by atoms with E-state index in [1.54, 1.807) is 6.07 Å². The van der Waals surface area contributed by atoms with E-state index in [2.05, 4.69) is 19.2 Å². The number of anilines is 1. The smallest absolute Gasteiger partial charge is 0.338 e. The summed E-state index contributed by atoms with van der Waals surface area (Å²) in [5.74, 6) is -0.227. The Kier molecular flexibility index (Phi) is 9.34. The standard InChI is InChI=1S/C18H29NO2/c1-3-5-7-8-9-13-19-17-12-10-11-16(15-17)18(20)21-14-6-4-2/h10-12,15,19H,3-9,13-14H2,1-2H3. The highest BCUT2D eigenvalue weighted by molar-refractivity contribution is 5.90. The maximum atomic E-state index is 11.9. The lowest BCUT2D eigenvalue weighted by molar-refractivity contribution is 0.0500. The van der Waals surface area contributed by atoms with Gasteiger partial charge in [0.25, 0.3) is 0 Å². The number of hydrogen-bond donors (Lipinski definition) is 1. The molecule has 0 fully saturated rings. The lowest BCUT2D eigenvalue weighted by Gasteiger charge is -2.08. The molecular weight excluding hydrogens is 262 g/mol. The molecule has 0 spiro atoms. The van der Waals surface area contributed by atoms with Gasteiger partial charge in [-0.05, 0) is 31.0 Å². The van der Waals surface area contributed by atoms with Gasteiger partial charge in [0.1, 0.15) is 0 Å². The van der Waals surface area contributed by atoms with Crippen LogP contribution in [-0.2, 0) is 4.74 Å². The quantitative estimate of drug-likeness (QED) is 0.459. The third-order valence-corrected chi connectivity index (χ3v) is 3.44. The van der Waals surface area contributed by atoms with Crippen LogP contribution in [-0.4, -0.2) is 19.1 Å². The third kappa shape index (κ3) is 7.74. The number of esters is 1. The molecule has 1 rings (SSSR count). The number of ether oxygens (including phenoxy) is 1. The molecule has 0 aliphatic rings. The molecule has 0 saturated heterocycles. The fourth-order valence-electron chi connectivity index (χ4n) is 2.11. The van der Waals surface area contributed by atoms with E-state index in [4.69, 9.17) is 4.74 Å². The number of benzene rings is 1. The molecule has 0 radical (unpaired) electrons. The Morgan fingerprint density at radius 3 is 2.57 bits per heavy atom. The highest BCUT2D eigenvalue weighted by Gasteiger charge is 2.07. The molecule has 0 atom stereocenters. The van der Waals surface area contributed by atoms with Gasteiger partial charge in [-0.2, -0.15) is 0 Å². The minimum atomic E-state index is -0.227. The molecule has 0 bridgehead atoms. The van der Waals surface area contributed by atoms with Crippen LogP contribution in [0.5, 0.6) is 0 Å². The highest BCUT2D eigenvalue weighted by atomic mass is 16.5. The predicted molar refractivity (Wildman–Crippen MR) is 88.9 cm³/mol. The molecule has 0 unspecified atom stereocenters. The van der Waals surface area contributed by atoms with E-state index >= 15 is 0 Å². The van der Waals surface area contributed by atoms with Crippen molar-refractivity contribution in [2.75, 3.05) is 18.5 Å². The van der Waals surface area contributed by atoms with Crippen molar-refractivity contribution in [3.63, 3.8) is 0 Å². The Balaban J connectivity index is 2.32. The molecule has 3 nitrogen and oxygen atoms in total. The zero-order chi connectivity index (χ0) is 15.3. The van der Waals surface area contributed by atoms with E-state index in [0.29, 0.717) is 12.2 Å². The van der Waals surface area contributed by atoms with E-state index in [-0.39, 0.29) is 5.97 Å². The Bertz CT molecular complexity index is 404. The first-order valence-electron chi connectivity index (χ1n) is 8.29. The van der Waals surface area contributed by atoms with Crippen LogP contribution >= 0.6 is 0 Å². The second-order valence-corrected chi connectivity index (χ2v) is 5.41. The molecule has 118 valence electrons. The van der Waals surface area contributed by atoms with Crippen molar-refractivity contribution in [2.45, 2.75) is 58.8 Å². The van der Waals surface area contributed by atoms with Gasteiger partial charge < -0.3 is 10.1 Å². The van der Waals surface area contributed by atoms with Crippen LogP contribution in [0.4, 0.5) is 5.69 Å². The van der Waals surface area contributed by atoms with Crippen molar-refractivity contribution >= 4 is 11.7 Å². The van der Waals surface area contributed by atoms with E-state index in [0.717, 1.165) is 25.1 Å². The Morgan fingerprint density at radius 2 is 1.81 bits per heavy atom. The molecular formula is C18H29NO2. The molecule has 0 aliphatic heterocycles. The summed E-state index contributed by atoms with van der Waals surface area (Å²) >= 11 is 0. The molecule has 21 heavy (non-hydrogen) atoms. The molecule has 1 aromatic carbocycles. The van der Waals surface area contributed by atoms with Gasteiger partial charge in [0, 0.05) is 12.2 Å². The molecule has 0 amide bonds. The first-order chi connectivity index (χ1) is 10.3. The van der Waals surface area contributed by atoms with Gasteiger partial charge >= 0.3 is 5.97 Å². The van der Waals surface area contributed by atoms with Crippen molar-refractivity contribution in [2.24, 2.45) is 0 Å². The molecule has 0 heterocycles. The summed E-state index contributed by atoms with van der Waals surface area (Å²) < 4.78 is 5.23. The Morgan fingerprint density at radius 1 is 1.05 bits per heavy atom. The average Bonchev–Trinajstić information content (AvgIpc) is 2.51. The lowest BCUT2D eigenvalue weighted by atomic mass is 10.1. The van der Waals surface area contributed by atoms with Crippen molar-refractivity contribution in [1.82, 2.24) is 0 Å². The summed E-state index contributed by atoms with van der Waals surface area (Å²) in [6.45, 7) is 5.77. The number of unbranched alkanes of at least 4 members (excludes halogenated alkanes) is 5. The van der Waals surface area contributed by atoms with E-state index in [1.807, 2.05) is 18.2 Å². The summed E-state index contributed by atoms with van der Waals surface area (Å²) in [4.78, 5) is 11.9. The van der Waals surface area contributed by atoms with Crippen molar-refractivity contribution in [1.29, 1.82) is 0 Å². The molecule has 3 heteroatoms. The topological polar surface area (TPSA) is 38.3 Å². The summed E-state index contributed by atoms with van der Waals surface area (Å²) in [5.41, 5.74) is 1.62. The minimum Gasteiger partial charge on any atom is -0.462 e. The summed E-state index contributed by atoms with van der Waals surface area (Å²) in [5, 5.41) is 3.38. The summed E-state index contributed by atoms with van der Waals surface area (Å²) in [7, 11) is 0. The zero-order valence-electron chi connectivity index (χ0n) is 13.5. The predicted octanol–water partition coefficient (Wildman–Crippen LogP) is 5.03. The molecule has 1 N–H and O–H groups in total. The van der Waals surface area contributed by atoms with Gasteiger partial charge in [-0.25, -0.2) is 4.79 Å². The monoisotopic (exact) mass is 291 g/mol. The fraction of sp³-hybridized carbons (Fsp3) is 0.611. The largest absolute Gasteiger partial charge is 0.462 e. The van der Waals surface area contributed by atoms with Gasteiger partial charge in [0.15, 0.2) is 0 Å². The van der Waals surface area contributed by atoms with E-state index < -0.39 is 0 Å². The van der Waals surface area contributed by atoms with Gasteiger partial charge in [0.05, 0.1) is 12.2 Å². The van der Waals surface area contributed by atoms with Gasteiger partial charge in [-0.15, -0.1) is 0 Å². The van der Waals surface area contributed by atoms with Crippen LogP contribution < -0.4 is 5.32 Å². The lowest BCUT2D eigenvalue weighted by Crippen LogP contribution is -2.07. The minimum absolute atomic E-state index is 0.227. The first-order valence-corrected chi connectivity index (χ1v) is 8.29. The fourth-order valence-corrected chi connectivity index (χ4v) is 2.11. The van der Waals surface area contributed by atoms with E-state index in [1.165, 1.54) is 32.1 Å². The summed E-state index contributed by atoms with van der Waals surface area (Å²) in [6.07, 6.45) is 8.29. The molecule has 1 aromatic rings. The van der Waals surface area contributed by atoms with Crippen LogP contribution in [0.25, 0.3) is 0 Å². The van der Waals surface area contributed by atoms with Gasteiger partial charge in [0.2, 0.25) is 0 Å². The SMILES string of the molecule is CCCCCCCNc1cccc(C(=O)OCCCC)c1. The van der Waals surface area contributed by atoms with Gasteiger partial charge in [-0.3, -0.25) is 0 Å². The first kappa shape index (κ1) is 17.5. The van der Waals surface area contributed by atoms with Crippen LogP contribution in [0.15, 0.2) is 24.3 Å². The molecule has 0 aliphatic carbocycles. The second-order valence-electron chi connectivity index (χ2n) is 5.41. The maximum absolute atomic E-state index is 11.9. The number of nitrogens with one attached hydrogen (secondary N) is 1. The van der Waals surface area contributed by atoms with E-state index in [9.17, 15) is 4.79 Å². The van der Waals surface area contributed by atoms with Crippen molar-refractivity contribution in [3.05, 3.63) is 29.8 Å². The number of rotatable bonds is 11. The number of carbonyl (C=O) groups excluding carboxylic acids is 1. The summed E-state index contributed by atoms with van der Waals surface area (Å²) in [6, 6.07) is 7.58. The maximum Gasteiger partial charge on any atom is 0.338 e. The van der Waals surface area contributed by atoms with Crippen LogP contribution in [0.1, 0.15) is 69.2 Å². The average molecular weight is 291 g/mol. The number of hydrogen-bond acceptors (Lipinski definition) is 3.